The van der Waals surface area contributed by atoms with Crippen molar-refractivity contribution in [1.29, 1.82) is 0 Å². The zero-order valence-electron chi connectivity index (χ0n) is 14.6. The van der Waals surface area contributed by atoms with Gasteiger partial charge in [0.05, 0.1) is 25.1 Å². The van der Waals surface area contributed by atoms with Gasteiger partial charge in [-0.25, -0.2) is 4.98 Å². The van der Waals surface area contributed by atoms with E-state index in [0.29, 0.717) is 11.4 Å². The van der Waals surface area contributed by atoms with E-state index in [4.69, 9.17) is 9.47 Å². The van der Waals surface area contributed by atoms with Crippen molar-refractivity contribution < 1.29 is 14.3 Å². The highest BCUT2D eigenvalue weighted by atomic mass is 16.5. The zero-order valence-corrected chi connectivity index (χ0v) is 14.6. The first-order valence-electron chi connectivity index (χ1n) is 8.40. The Labute approximate surface area is 147 Å². The summed E-state index contributed by atoms with van der Waals surface area (Å²) in [5, 5.41) is 2.80. The third-order valence-electron chi connectivity index (χ3n) is 4.22. The number of ether oxygens (including phenoxy) is 2. The second kappa shape index (κ2) is 7.98. The van der Waals surface area contributed by atoms with Crippen LogP contribution in [-0.2, 0) is 9.53 Å². The number of pyridine rings is 1. The van der Waals surface area contributed by atoms with E-state index in [2.05, 4.69) is 15.2 Å². The Hall–Kier alpha value is -2.60. The van der Waals surface area contributed by atoms with Crippen molar-refractivity contribution in [3.05, 3.63) is 47.7 Å². The van der Waals surface area contributed by atoms with Gasteiger partial charge in [0.15, 0.2) is 6.61 Å². The second-order valence-electron chi connectivity index (χ2n) is 6.09. The Morgan fingerprint density at radius 3 is 2.68 bits per heavy atom. The fraction of sp³-hybridized carbons (Fsp3) is 0.368. The first kappa shape index (κ1) is 17.2. The highest BCUT2D eigenvalue weighted by Gasteiger charge is 2.12. The number of aromatic nitrogens is 1. The topological polar surface area (TPSA) is 63.7 Å². The van der Waals surface area contributed by atoms with Gasteiger partial charge in [-0.05, 0) is 49.2 Å². The minimum absolute atomic E-state index is 0.0340. The summed E-state index contributed by atoms with van der Waals surface area (Å²) in [6, 6.07) is 9.54. The number of carbonyl (C=O) groups is 1. The molecule has 6 nitrogen and oxygen atoms in total. The van der Waals surface area contributed by atoms with Gasteiger partial charge in [-0.1, -0.05) is 6.07 Å². The largest absolute Gasteiger partial charge is 0.484 e. The molecule has 6 heteroatoms. The van der Waals surface area contributed by atoms with E-state index in [0.717, 1.165) is 37.7 Å². The van der Waals surface area contributed by atoms with Gasteiger partial charge in [0.2, 0.25) is 0 Å². The smallest absolute Gasteiger partial charge is 0.262 e. The van der Waals surface area contributed by atoms with Crippen LogP contribution in [-0.4, -0.2) is 43.8 Å². The maximum atomic E-state index is 12.0. The van der Waals surface area contributed by atoms with Crippen LogP contribution in [0.1, 0.15) is 11.1 Å². The van der Waals surface area contributed by atoms with Crippen molar-refractivity contribution in [2.24, 2.45) is 0 Å². The summed E-state index contributed by atoms with van der Waals surface area (Å²) in [5.74, 6) is 1.38. The number of hydrogen-bond donors (Lipinski definition) is 1. The summed E-state index contributed by atoms with van der Waals surface area (Å²) < 4.78 is 10.9. The lowest BCUT2D eigenvalue weighted by Gasteiger charge is -2.27. The Morgan fingerprint density at radius 2 is 2.00 bits per heavy atom. The third kappa shape index (κ3) is 4.70. The van der Waals surface area contributed by atoms with Gasteiger partial charge >= 0.3 is 0 Å². The molecule has 132 valence electrons. The minimum Gasteiger partial charge on any atom is -0.484 e. The fourth-order valence-electron chi connectivity index (χ4n) is 2.59. The normalized spacial score (nSPS) is 14.2. The van der Waals surface area contributed by atoms with E-state index in [1.54, 1.807) is 6.20 Å². The minimum atomic E-state index is -0.209. The van der Waals surface area contributed by atoms with Crippen LogP contribution in [0.4, 0.5) is 11.5 Å². The molecule has 3 rings (SSSR count). The molecule has 0 atom stereocenters. The van der Waals surface area contributed by atoms with Gasteiger partial charge in [0.1, 0.15) is 11.6 Å². The van der Waals surface area contributed by atoms with Crippen molar-refractivity contribution in [2.75, 3.05) is 43.1 Å². The molecule has 1 N–H and O–H groups in total. The van der Waals surface area contributed by atoms with Gasteiger partial charge in [-0.15, -0.1) is 0 Å². The molecule has 1 amide bonds. The van der Waals surface area contributed by atoms with Crippen molar-refractivity contribution in [3.8, 4) is 5.75 Å². The van der Waals surface area contributed by atoms with Crippen molar-refractivity contribution in [2.45, 2.75) is 13.8 Å². The molecule has 1 fully saturated rings. The maximum absolute atomic E-state index is 12.0. The Morgan fingerprint density at radius 1 is 1.20 bits per heavy atom. The first-order chi connectivity index (χ1) is 12.1. The number of morpholine rings is 1. The zero-order chi connectivity index (χ0) is 17.6. The van der Waals surface area contributed by atoms with Gasteiger partial charge in [0.25, 0.3) is 5.91 Å². The van der Waals surface area contributed by atoms with E-state index < -0.39 is 0 Å². The van der Waals surface area contributed by atoms with Crippen LogP contribution < -0.4 is 15.0 Å². The van der Waals surface area contributed by atoms with Crippen LogP contribution in [0.3, 0.4) is 0 Å². The molecule has 0 spiro atoms. The van der Waals surface area contributed by atoms with Crippen LogP contribution >= 0.6 is 0 Å². The van der Waals surface area contributed by atoms with Crippen LogP contribution in [0, 0.1) is 13.8 Å². The average molecular weight is 341 g/mol. The quantitative estimate of drug-likeness (QED) is 0.905. The number of hydrogen-bond acceptors (Lipinski definition) is 5. The summed E-state index contributed by atoms with van der Waals surface area (Å²) in [5.41, 5.74) is 3.00. The summed E-state index contributed by atoms with van der Waals surface area (Å²) in [6.07, 6.45) is 1.67. The SMILES string of the molecule is Cc1ccc(OCC(=O)Nc2ccc(N3CCOCC3)nc2)cc1C. The fourth-order valence-corrected chi connectivity index (χ4v) is 2.59. The number of aryl methyl sites for hydroxylation is 2. The molecule has 1 aliphatic rings. The number of nitrogens with zero attached hydrogens (tertiary/aromatic N) is 2. The number of rotatable bonds is 5. The van der Waals surface area contributed by atoms with Gasteiger partial charge < -0.3 is 19.7 Å². The monoisotopic (exact) mass is 341 g/mol. The van der Waals surface area contributed by atoms with E-state index in [1.165, 1.54) is 5.56 Å². The molecular formula is C19H23N3O3. The van der Waals surface area contributed by atoms with Crippen molar-refractivity contribution in [3.63, 3.8) is 0 Å². The van der Waals surface area contributed by atoms with E-state index in [1.807, 2.05) is 44.2 Å². The molecule has 0 bridgehead atoms. The van der Waals surface area contributed by atoms with Crippen LogP contribution in [0.25, 0.3) is 0 Å². The molecule has 1 aliphatic heterocycles. The molecule has 1 saturated heterocycles. The molecular weight excluding hydrogens is 318 g/mol. The second-order valence-corrected chi connectivity index (χ2v) is 6.09. The maximum Gasteiger partial charge on any atom is 0.262 e. The Balaban J connectivity index is 1.51. The molecule has 1 aromatic heterocycles. The molecule has 0 saturated carbocycles. The number of nitrogens with one attached hydrogen (secondary N) is 1. The predicted octanol–water partition coefficient (Wildman–Crippen LogP) is 2.55. The molecule has 0 radical (unpaired) electrons. The lowest BCUT2D eigenvalue weighted by Crippen LogP contribution is -2.36. The van der Waals surface area contributed by atoms with Crippen LogP contribution in [0.15, 0.2) is 36.5 Å². The average Bonchev–Trinajstić information content (AvgIpc) is 2.64. The summed E-state index contributed by atoms with van der Waals surface area (Å²) in [6.45, 7) is 7.13. The lowest BCUT2D eigenvalue weighted by molar-refractivity contribution is -0.118. The molecule has 1 aromatic carbocycles. The number of anilines is 2. The Kier molecular flexibility index (Phi) is 5.50. The number of carbonyl (C=O) groups excluding carboxylic acids is 1. The van der Waals surface area contributed by atoms with Gasteiger partial charge in [-0.3, -0.25) is 4.79 Å². The summed E-state index contributed by atoms with van der Waals surface area (Å²) >= 11 is 0. The van der Waals surface area contributed by atoms with Crippen LogP contribution in [0.2, 0.25) is 0 Å². The van der Waals surface area contributed by atoms with Crippen molar-refractivity contribution in [1.82, 2.24) is 4.98 Å². The van der Waals surface area contributed by atoms with E-state index >= 15 is 0 Å². The molecule has 25 heavy (non-hydrogen) atoms. The number of benzene rings is 1. The number of amides is 1. The van der Waals surface area contributed by atoms with E-state index in [-0.39, 0.29) is 12.5 Å². The van der Waals surface area contributed by atoms with Crippen LogP contribution in [0.5, 0.6) is 5.75 Å². The Bertz CT molecular complexity index is 725. The lowest BCUT2D eigenvalue weighted by atomic mass is 10.1. The third-order valence-corrected chi connectivity index (χ3v) is 4.22. The molecule has 0 unspecified atom stereocenters. The summed E-state index contributed by atoms with van der Waals surface area (Å²) in [7, 11) is 0. The first-order valence-corrected chi connectivity index (χ1v) is 8.40. The van der Waals surface area contributed by atoms with Crippen molar-refractivity contribution >= 4 is 17.4 Å². The standard InChI is InChI=1S/C19H23N3O3/c1-14-3-5-17(11-15(14)2)25-13-19(23)21-16-4-6-18(20-12-16)22-7-9-24-10-8-22/h3-6,11-12H,7-10,13H2,1-2H3,(H,21,23). The molecule has 0 aliphatic carbocycles. The highest BCUT2D eigenvalue weighted by molar-refractivity contribution is 5.91. The summed E-state index contributed by atoms with van der Waals surface area (Å²) in [4.78, 5) is 18.6. The highest BCUT2D eigenvalue weighted by Crippen LogP contribution is 2.17. The molecule has 2 heterocycles. The van der Waals surface area contributed by atoms with E-state index in [9.17, 15) is 4.79 Å². The van der Waals surface area contributed by atoms with Gasteiger partial charge in [-0.2, -0.15) is 0 Å². The van der Waals surface area contributed by atoms with Gasteiger partial charge in [0, 0.05) is 13.1 Å². The predicted molar refractivity (Wildman–Crippen MR) is 97.3 cm³/mol. The molecule has 2 aromatic rings.